The average molecular weight is 410 g/mol. The van der Waals surface area contributed by atoms with E-state index in [1.165, 1.54) is 12.8 Å². The van der Waals surface area contributed by atoms with Crippen LogP contribution in [0, 0.1) is 12.8 Å². The van der Waals surface area contributed by atoms with Crippen molar-refractivity contribution in [1.82, 2.24) is 14.5 Å². The molecule has 150 valence electrons. The van der Waals surface area contributed by atoms with Crippen LogP contribution < -0.4 is 10.2 Å². The van der Waals surface area contributed by atoms with E-state index in [0.717, 1.165) is 23.2 Å². The SMILES string of the molecule is Cc1ccc(NC(=O)c2cc(-c3cnc(N(C)C)nc3)cn2CC2CC2)cc1Cl. The predicted molar refractivity (Wildman–Crippen MR) is 117 cm³/mol. The maximum atomic E-state index is 13.0. The van der Waals surface area contributed by atoms with Crippen molar-refractivity contribution in [2.45, 2.75) is 26.3 Å². The molecule has 0 saturated heterocycles. The first-order valence-electron chi connectivity index (χ1n) is 9.68. The largest absolute Gasteiger partial charge is 0.347 e. The second-order valence-corrected chi connectivity index (χ2v) is 8.20. The summed E-state index contributed by atoms with van der Waals surface area (Å²) in [5.41, 5.74) is 4.11. The van der Waals surface area contributed by atoms with Crippen molar-refractivity contribution in [3.63, 3.8) is 0 Å². The van der Waals surface area contributed by atoms with E-state index >= 15 is 0 Å². The minimum absolute atomic E-state index is 0.150. The van der Waals surface area contributed by atoms with Gasteiger partial charge in [0.25, 0.3) is 5.91 Å². The highest BCUT2D eigenvalue weighted by Crippen LogP contribution is 2.33. The molecule has 0 spiro atoms. The molecule has 0 radical (unpaired) electrons. The maximum absolute atomic E-state index is 13.0. The minimum atomic E-state index is -0.150. The third-order valence-corrected chi connectivity index (χ3v) is 5.49. The van der Waals surface area contributed by atoms with Gasteiger partial charge in [-0.1, -0.05) is 17.7 Å². The second kappa shape index (κ2) is 7.87. The Bertz CT molecular complexity index is 1040. The van der Waals surface area contributed by atoms with Crippen LogP contribution in [0.4, 0.5) is 11.6 Å². The third-order valence-electron chi connectivity index (χ3n) is 5.08. The van der Waals surface area contributed by atoms with E-state index in [4.69, 9.17) is 11.6 Å². The third kappa shape index (κ3) is 4.43. The molecule has 2 aromatic heterocycles. The zero-order valence-electron chi connectivity index (χ0n) is 16.8. The number of halogens is 1. The van der Waals surface area contributed by atoms with E-state index in [0.29, 0.717) is 28.3 Å². The number of carbonyl (C=O) groups is 1. The Kier molecular flexibility index (Phi) is 5.28. The lowest BCUT2D eigenvalue weighted by Gasteiger charge is -2.10. The van der Waals surface area contributed by atoms with Gasteiger partial charge in [0.2, 0.25) is 5.95 Å². The van der Waals surface area contributed by atoms with Gasteiger partial charge < -0.3 is 14.8 Å². The Morgan fingerprint density at radius 2 is 1.93 bits per heavy atom. The van der Waals surface area contributed by atoms with E-state index in [1.807, 2.05) is 54.9 Å². The molecule has 1 aliphatic carbocycles. The molecule has 1 aliphatic rings. The molecule has 0 aliphatic heterocycles. The lowest BCUT2D eigenvalue weighted by molar-refractivity contribution is 0.101. The number of aryl methyl sites for hydroxylation is 1. The zero-order valence-corrected chi connectivity index (χ0v) is 17.6. The Morgan fingerprint density at radius 1 is 1.21 bits per heavy atom. The van der Waals surface area contributed by atoms with Crippen LogP contribution in [0.1, 0.15) is 28.9 Å². The minimum Gasteiger partial charge on any atom is -0.347 e. The first-order valence-corrected chi connectivity index (χ1v) is 10.1. The van der Waals surface area contributed by atoms with Crippen LogP contribution in [0.15, 0.2) is 42.9 Å². The number of nitrogens with one attached hydrogen (secondary N) is 1. The number of nitrogens with zero attached hydrogens (tertiary/aromatic N) is 4. The van der Waals surface area contributed by atoms with Crippen molar-refractivity contribution >= 4 is 29.1 Å². The van der Waals surface area contributed by atoms with Gasteiger partial charge in [0, 0.05) is 61.1 Å². The molecule has 0 unspecified atom stereocenters. The summed E-state index contributed by atoms with van der Waals surface area (Å²) < 4.78 is 2.04. The van der Waals surface area contributed by atoms with E-state index in [9.17, 15) is 4.79 Å². The lowest BCUT2D eigenvalue weighted by atomic mass is 10.2. The summed E-state index contributed by atoms with van der Waals surface area (Å²) >= 11 is 6.20. The van der Waals surface area contributed by atoms with E-state index < -0.39 is 0 Å². The van der Waals surface area contributed by atoms with Gasteiger partial charge in [-0.15, -0.1) is 0 Å². The number of aromatic nitrogens is 3. The summed E-state index contributed by atoms with van der Waals surface area (Å²) in [6.45, 7) is 2.78. The summed E-state index contributed by atoms with van der Waals surface area (Å²) in [5, 5.41) is 3.60. The number of carbonyl (C=O) groups excluding carboxylic acids is 1. The molecular weight excluding hydrogens is 386 g/mol. The van der Waals surface area contributed by atoms with Gasteiger partial charge >= 0.3 is 0 Å². The number of rotatable bonds is 6. The Hall–Kier alpha value is -2.86. The highest BCUT2D eigenvalue weighted by molar-refractivity contribution is 6.31. The molecule has 2 heterocycles. The van der Waals surface area contributed by atoms with Gasteiger partial charge in [0.05, 0.1) is 0 Å². The summed E-state index contributed by atoms with van der Waals surface area (Å²) in [6.07, 6.45) is 8.02. The summed E-state index contributed by atoms with van der Waals surface area (Å²) in [4.78, 5) is 23.6. The predicted octanol–water partition coefficient (Wildman–Crippen LogP) is 4.64. The fraction of sp³-hybridized carbons (Fsp3) is 0.318. The number of hydrogen-bond donors (Lipinski definition) is 1. The van der Waals surface area contributed by atoms with Crippen molar-refractivity contribution in [2.75, 3.05) is 24.3 Å². The summed E-state index contributed by atoms with van der Waals surface area (Å²) in [7, 11) is 3.81. The zero-order chi connectivity index (χ0) is 20.5. The van der Waals surface area contributed by atoms with Crippen LogP contribution in [-0.2, 0) is 6.54 Å². The number of hydrogen-bond acceptors (Lipinski definition) is 4. The number of benzene rings is 1. The van der Waals surface area contributed by atoms with Crippen molar-refractivity contribution in [3.8, 4) is 11.1 Å². The molecule has 1 saturated carbocycles. The van der Waals surface area contributed by atoms with Gasteiger partial charge in [-0.05, 0) is 49.4 Å². The molecule has 4 rings (SSSR count). The Balaban J connectivity index is 1.62. The molecule has 1 fully saturated rings. The first-order chi connectivity index (χ1) is 13.9. The molecule has 7 heteroatoms. The molecule has 1 aromatic carbocycles. The molecule has 0 bridgehead atoms. The second-order valence-electron chi connectivity index (χ2n) is 7.79. The standard InChI is InChI=1S/C22H24ClN5O/c1-14-4-7-18(9-19(14)23)26-21(29)20-8-16(13-28(20)12-15-5-6-15)17-10-24-22(25-11-17)27(2)3/h4,7-11,13,15H,5-6,12H2,1-3H3,(H,26,29). The molecule has 1 N–H and O–H groups in total. The first kappa shape index (κ1) is 19.5. The van der Waals surface area contributed by atoms with Crippen molar-refractivity contribution in [2.24, 2.45) is 5.92 Å². The fourth-order valence-corrected chi connectivity index (χ4v) is 3.34. The van der Waals surface area contributed by atoms with E-state index in [2.05, 4.69) is 15.3 Å². The molecule has 29 heavy (non-hydrogen) atoms. The normalized spacial score (nSPS) is 13.4. The van der Waals surface area contributed by atoms with Gasteiger partial charge in [-0.3, -0.25) is 4.79 Å². The monoisotopic (exact) mass is 409 g/mol. The lowest BCUT2D eigenvalue weighted by Crippen LogP contribution is -2.17. The van der Waals surface area contributed by atoms with Gasteiger partial charge in [0.15, 0.2) is 0 Å². The fourth-order valence-electron chi connectivity index (χ4n) is 3.16. The van der Waals surface area contributed by atoms with Crippen LogP contribution in [0.25, 0.3) is 11.1 Å². The smallest absolute Gasteiger partial charge is 0.272 e. The highest BCUT2D eigenvalue weighted by Gasteiger charge is 2.25. The van der Waals surface area contributed by atoms with Gasteiger partial charge in [-0.25, -0.2) is 9.97 Å². The van der Waals surface area contributed by atoms with Crippen LogP contribution in [0.5, 0.6) is 0 Å². The van der Waals surface area contributed by atoms with Crippen LogP contribution in [-0.4, -0.2) is 34.5 Å². The average Bonchev–Trinajstić information content (AvgIpc) is 3.41. The van der Waals surface area contributed by atoms with Gasteiger partial charge in [0.1, 0.15) is 5.69 Å². The Morgan fingerprint density at radius 3 is 2.55 bits per heavy atom. The van der Waals surface area contributed by atoms with Crippen LogP contribution in [0.2, 0.25) is 5.02 Å². The quantitative estimate of drug-likeness (QED) is 0.644. The van der Waals surface area contributed by atoms with Gasteiger partial charge in [-0.2, -0.15) is 0 Å². The molecule has 3 aromatic rings. The molecular formula is C22H24ClN5O. The number of amides is 1. The maximum Gasteiger partial charge on any atom is 0.272 e. The highest BCUT2D eigenvalue weighted by atomic mass is 35.5. The van der Waals surface area contributed by atoms with E-state index in [1.54, 1.807) is 18.5 Å². The van der Waals surface area contributed by atoms with Crippen molar-refractivity contribution in [3.05, 3.63) is 59.1 Å². The van der Waals surface area contributed by atoms with Crippen molar-refractivity contribution < 1.29 is 4.79 Å². The van der Waals surface area contributed by atoms with Crippen LogP contribution >= 0.6 is 11.6 Å². The number of anilines is 2. The summed E-state index contributed by atoms with van der Waals surface area (Å²) in [6, 6.07) is 7.44. The topological polar surface area (TPSA) is 63.1 Å². The molecule has 1 amide bonds. The van der Waals surface area contributed by atoms with Crippen molar-refractivity contribution in [1.29, 1.82) is 0 Å². The van der Waals surface area contributed by atoms with Crippen LogP contribution in [0.3, 0.4) is 0 Å². The molecule has 0 atom stereocenters. The Labute approximate surface area is 175 Å². The van der Waals surface area contributed by atoms with E-state index in [-0.39, 0.29) is 5.91 Å². The summed E-state index contributed by atoms with van der Waals surface area (Å²) in [5.74, 6) is 1.14. The molecule has 6 nitrogen and oxygen atoms in total.